The first-order chi connectivity index (χ1) is 9.19. The maximum Gasteiger partial charge on any atom is 0.182 e. The summed E-state index contributed by atoms with van der Waals surface area (Å²) in [6, 6.07) is 0. The van der Waals surface area contributed by atoms with Gasteiger partial charge >= 0.3 is 0 Å². The topological polar surface area (TPSA) is 41.1 Å². The highest BCUT2D eigenvalue weighted by molar-refractivity contribution is 7.15. The Balaban J connectivity index is 1.86. The summed E-state index contributed by atoms with van der Waals surface area (Å²) in [5.74, 6) is 0. The molecule has 0 spiro atoms. The van der Waals surface area contributed by atoms with Crippen molar-refractivity contribution in [2.24, 2.45) is 0 Å². The van der Waals surface area contributed by atoms with Gasteiger partial charge in [0.1, 0.15) is 0 Å². The molecule has 0 radical (unpaired) electrons. The van der Waals surface area contributed by atoms with Gasteiger partial charge in [0.25, 0.3) is 0 Å². The van der Waals surface area contributed by atoms with Gasteiger partial charge in [-0.3, -0.25) is 4.90 Å². The third-order valence-electron chi connectivity index (χ3n) is 2.76. The Bertz CT molecular complexity index is 506. The highest BCUT2D eigenvalue weighted by atomic mass is 32.1. The second kappa shape index (κ2) is 6.98. The average molecular weight is 296 g/mol. The van der Waals surface area contributed by atoms with Crippen molar-refractivity contribution >= 4 is 27.8 Å². The van der Waals surface area contributed by atoms with E-state index in [2.05, 4.69) is 41.1 Å². The number of nitrogens with one attached hydrogen (secondary N) is 1. The number of aromatic nitrogens is 2. The Kier molecular flexibility index (Phi) is 5.30. The van der Waals surface area contributed by atoms with E-state index in [1.165, 1.54) is 9.75 Å². The molecular formula is C13H20N4S2. The Labute approximate surface area is 122 Å². The molecule has 0 atom stereocenters. The van der Waals surface area contributed by atoms with E-state index in [1.807, 2.05) is 11.7 Å². The number of thiazole rings is 2. The number of nitrogens with zero attached hydrogens (tertiary/aromatic N) is 3. The first-order valence-electron chi connectivity index (χ1n) is 6.45. The molecule has 0 aliphatic carbocycles. The van der Waals surface area contributed by atoms with Crippen molar-refractivity contribution in [3.63, 3.8) is 0 Å². The van der Waals surface area contributed by atoms with E-state index in [1.54, 1.807) is 22.7 Å². The van der Waals surface area contributed by atoms with Gasteiger partial charge in [-0.15, -0.1) is 22.7 Å². The molecule has 0 saturated heterocycles. The number of hydrogen-bond donors (Lipinski definition) is 1. The van der Waals surface area contributed by atoms with Crippen LogP contribution in [0.15, 0.2) is 11.7 Å². The maximum absolute atomic E-state index is 4.39. The molecule has 2 aromatic heterocycles. The molecule has 0 saturated carbocycles. The van der Waals surface area contributed by atoms with Gasteiger partial charge in [-0.05, 0) is 20.4 Å². The van der Waals surface area contributed by atoms with Crippen LogP contribution in [0.1, 0.15) is 28.8 Å². The van der Waals surface area contributed by atoms with Crippen LogP contribution in [0.25, 0.3) is 0 Å². The van der Waals surface area contributed by atoms with Crippen LogP contribution in [0.5, 0.6) is 0 Å². The predicted octanol–water partition coefficient (Wildman–Crippen LogP) is 3.36. The Morgan fingerprint density at radius 3 is 2.84 bits per heavy atom. The fourth-order valence-corrected chi connectivity index (χ4v) is 3.51. The number of hydrogen-bond acceptors (Lipinski definition) is 6. The molecular weight excluding hydrogens is 276 g/mol. The van der Waals surface area contributed by atoms with Crippen molar-refractivity contribution < 1.29 is 0 Å². The summed E-state index contributed by atoms with van der Waals surface area (Å²) < 4.78 is 0. The Hall–Kier alpha value is -0.980. The molecule has 0 aliphatic rings. The smallest absolute Gasteiger partial charge is 0.182 e. The SMILES string of the molecule is CCCNc1ncc(CN(C)Cc2scnc2C)s1. The molecule has 19 heavy (non-hydrogen) atoms. The summed E-state index contributed by atoms with van der Waals surface area (Å²) in [6.07, 6.45) is 3.10. The summed E-state index contributed by atoms with van der Waals surface area (Å²) in [6.45, 7) is 7.10. The first kappa shape index (κ1) is 14.4. The third kappa shape index (κ3) is 4.26. The maximum atomic E-state index is 4.39. The summed E-state index contributed by atoms with van der Waals surface area (Å²) in [5.41, 5.74) is 3.06. The monoisotopic (exact) mass is 296 g/mol. The minimum Gasteiger partial charge on any atom is -0.362 e. The zero-order valence-electron chi connectivity index (χ0n) is 11.6. The third-order valence-corrected chi connectivity index (χ3v) is 4.62. The van der Waals surface area contributed by atoms with Gasteiger partial charge in [0, 0.05) is 35.6 Å². The molecule has 1 N–H and O–H groups in total. The predicted molar refractivity (Wildman–Crippen MR) is 82.9 cm³/mol. The van der Waals surface area contributed by atoms with Gasteiger partial charge in [-0.1, -0.05) is 6.92 Å². The van der Waals surface area contributed by atoms with Crippen molar-refractivity contribution in [2.75, 3.05) is 18.9 Å². The van der Waals surface area contributed by atoms with Crippen LogP contribution in [0, 0.1) is 6.92 Å². The molecule has 0 unspecified atom stereocenters. The van der Waals surface area contributed by atoms with Crippen LogP contribution < -0.4 is 5.32 Å². The molecule has 2 rings (SSSR count). The minimum atomic E-state index is 0.933. The minimum absolute atomic E-state index is 0.933. The number of aryl methyl sites for hydroxylation is 1. The fraction of sp³-hybridized carbons (Fsp3) is 0.538. The lowest BCUT2D eigenvalue weighted by Gasteiger charge is -2.14. The van der Waals surface area contributed by atoms with Crippen LogP contribution in [0.3, 0.4) is 0 Å². The fourth-order valence-electron chi connectivity index (χ4n) is 1.74. The summed E-state index contributed by atoms with van der Waals surface area (Å²) >= 11 is 3.47. The van der Waals surface area contributed by atoms with Crippen LogP contribution >= 0.6 is 22.7 Å². The van der Waals surface area contributed by atoms with Crippen molar-refractivity contribution in [3.05, 3.63) is 27.2 Å². The van der Waals surface area contributed by atoms with Crippen LogP contribution in [-0.4, -0.2) is 28.5 Å². The summed E-state index contributed by atoms with van der Waals surface area (Å²) in [4.78, 5) is 13.6. The highest BCUT2D eigenvalue weighted by Gasteiger charge is 2.08. The van der Waals surface area contributed by atoms with E-state index >= 15 is 0 Å². The number of anilines is 1. The van der Waals surface area contributed by atoms with Gasteiger partial charge in [0.05, 0.1) is 11.2 Å². The molecule has 2 aromatic rings. The molecule has 104 valence electrons. The lowest BCUT2D eigenvalue weighted by atomic mass is 10.3. The van der Waals surface area contributed by atoms with E-state index in [0.29, 0.717) is 0 Å². The van der Waals surface area contributed by atoms with Crippen LogP contribution in [0.4, 0.5) is 5.13 Å². The molecule has 6 heteroatoms. The van der Waals surface area contributed by atoms with Gasteiger partial charge in [-0.25, -0.2) is 9.97 Å². The van der Waals surface area contributed by atoms with Gasteiger partial charge in [0.2, 0.25) is 0 Å². The lowest BCUT2D eigenvalue weighted by molar-refractivity contribution is 0.324. The van der Waals surface area contributed by atoms with E-state index in [0.717, 1.165) is 36.9 Å². The number of rotatable bonds is 7. The molecule has 0 aromatic carbocycles. The molecule has 2 heterocycles. The van der Waals surface area contributed by atoms with Crippen molar-refractivity contribution in [1.29, 1.82) is 0 Å². The Morgan fingerprint density at radius 2 is 2.16 bits per heavy atom. The second-order valence-electron chi connectivity index (χ2n) is 4.59. The largest absolute Gasteiger partial charge is 0.362 e. The van der Waals surface area contributed by atoms with Crippen LogP contribution in [-0.2, 0) is 13.1 Å². The van der Waals surface area contributed by atoms with E-state index in [4.69, 9.17) is 0 Å². The van der Waals surface area contributed by atoms with E-state index in [9.17, 15) is 0 Å². The average Bonchev–Trinajstić information content (AvgIpc) is 2.97. The van der Waals surface area contributed by atoms with Crippen LogP contribution in [0.2, 0.25) is 0 Å². The molecule has 0 aliphatic heterocycles. The van der Waals surface area contributed by atoms with Gasteiger partial charge in [-0.2, -0.15) is 0 Å². The van der Waals surface area contributed by atoms with Crippen molar-refractivity contribution in [1.82, 2.24) is 14.9 Å². The molecule has 0 bridgehead atoms. The Morgan fingerprint density at radius 1 is 1.32 bits per heavy atom. The molecule has 4 nitrogen and oxygen atoms in total. The van der Waals surface area contributed by atoms with E-state index < -0.39 is 0 Å². The summed E-state index contributed by atoms with van der Waals surface area (Å²) in [7, 11) is 2.14. The zero-order chi connectivity index (χ0) is 13.7. The summed E-state index contributed by atoms with van der Waals surface area (Å²) in [5, 5.41) is 4.35. The van der Waals surface area contributed by atoms with Crippen molar-refractivity contribution in [2.45, 2.75) is 33.4 Å². The zero-order valence-corrected chi connectivity index (χ0v) is 13.3. The normalized spacial score (nSPS) is 11.2. The highest BCUT2D eigenvalue weighted by Crippen LogP contribution is 2.21. The van der Waals surface area contributed by atoms with Gasteiger partial charge < -0.3 is 5.32 Å². The standard InChI is InChI=1S/C13H20N4S2/c1-4-5-14-13-15-6-11(19-13)7-17(3)8-12-10(2)16-9-18-12/h6,9H,4-5,7-8H2,1-3H3,(H,14,15). The molecule has 0 amide bonds. The second-order valence-corrected chi connectivity index (χ2v) is 6.65. The van der Waals surface area contributed by atoms with E-state index in [-0.39, 0.29) is 0 Å². The van der Waals surface area contributed by atoms with Gasteiger partial charge in [0.15, 0.2) is 5.13 Å². The quantitative estimate of drug-likeness (QED) is 0.850. The lowest BCUT2D eigenvalue weighted by Crippen LogP contribution is -2.16. The van der Waals surface area contributed by atoms with Crippen molar-refractivity contribution in [3.8, 4) is 0 Å². The molecule has 0 fully saturated rings. The first-order valence-corrected chi connectivity index (χ1v) is 8.14.